The average Bonchev–Trinajstić information content (AvgIpc) is 3.09. The molecule has 1 aromatic rings. The summed E-state index contributed by atoms with van der Waals surface area (Å²) >= 11 is 0. The molecule has 1 heterocycles. The molecule has 18 heavy (non-hydrogen) atoms. The lowest BCUT2D eigenvalue weighted by Gasteiger charge is -2.22. The standard InChI is InChI=1S/C14H23N3O/c15-10-14(8-4-5-9-14)13-16-12(17-18-13)11-6-2-1-3-7-11/h11H,1-10,15H2. The Hall–Kier alpha value is -0.900. The normalized spacial score (nSPS) is 24.5. The van der Waals surface area contributed by atoms with Gasteiger partial charge < -0.3 is 10.3 Å². The summed E-state index contributed by atoms with van der Waals surface area (Å²) in [6, 6.07) is 0. The van der Waals surface area contributed by atoms with Crippen molar-refractivity contribution in [2.24, 2.45) is 5.73 Å². The number of rotatable bonds is 3. The van der Waals surface area contributed by atoms with Crippen LogP contribution in [0, 0.1) is 0 Å². The molecule has 0 atom stereocenters. The van der Waals surface area contributed by atoms with Gasteiger partial charge in [-0.05, 0) is 25.7 Å². The van der Waals surface area contributed by atoms with Crippen molar-refractivity contribution in [3.8, 4) is 0 Å². The third kappa shape index (κ3) is 2.07. The molecule has 100 valence electrons. The van der Waals surface area contributed by atoms with Gasteiger partial charge >= 0.3 is 0 Å². The smallest absolute Gasteiger partial charge is 0.234 e. The van der Waals surface area contributed by atoms with Gasteiger partial charge in [0.25, 0.3) is 0 Å². The predicted molar refractivity (Wildman–Crippen MR) is 69.3 cm³/mol. The predicted octanol–water partition coefficient (Wildman–Crippen LogP) is 2.89. The molecule has 2 aliphatic carbocycles. The summed E-state index contributed by atoms with van der Waals surface area (Å²) in [5, 5.41) is 4.24. The zero-order valence-corrected chi connectivity index (χ0v) is 11.0. The molecule has 4 nitrogen and oxygen atoms in total. The molecule has 0 aromatic carbocycles. The minimum atomic E-state index is -0.0140. The number of hydrogen-bond donors (Lipinski definition) is 1. The Morgan fingerprint density at radius 1 is 1.11 bits per heavy atom. The van der Waals surface area contributed by atoms with Crippen molar-refractivity contribution in [3.05, 3.63) is 11.7 Å². The van der Waals surface area contributed by atoms with Crippen molar-refractivity contribution in [3.63, 3.8) is 0 Å². The van der Waals surface area contributed by atoms with Gasteiger partial charge in [0, 0.05) is 12.5 Å². The highest BCUT2D eigenvalue weighted by molar-refractivity contribution is 5.10. The monoisotopic (exact) mass is 249 g/mol. The van der Waals surface area contributed by atoms with Gasteiger partial charge in [0.1, 0.15) is 0 Å². The second kappa shape index (κ2) is 5.00. The number of hydrogen-bond acceptors (Lipinski definition) is 4. The molecule has 2 fully saturated rings. The fourth-order valence-corrected chi connectivity index (χ4v) is 3.53. The van der Waals surface area contributed by atoms with Gasteiger partial charge in [-0.1, -0.05) is 37.3 Å². The molecule has 1 aromatic heterocycles. The molecular weight excluding hydrogens is 226 g/mol. The number of nitrogens with zero attached hydrogens (tertiary/aromatic N) is 2. The lowest BCUT2D eigenvalue weighted by Crippen LogP contribution is -2.32. The van der Waals surface area contributed by atoms with Crippen LogP contribution < -0.4 is 5.73 Å². The van der Waals surface area contributed by atoms with Crippen LogP contribution in [0.25, 0.3) is 0 Å². The third-order valence-electron chi connectivity index (χ3n) is 4.82. The molecule has 0 bridgehead atoms. The summed E-state index contributed by atoms with van der Waals surface area (Å²) < 4.78 is 5.55. The van der Waals surface area contributed by atoms with Gasteiger partial charge in [-0.3, -0.25) is 0 Å². The second-order valence-corrected chi connectivity index (χ2v) is 5.98. The molecule has 0 spiro atoms. The maximum atomic E-state index is 5.96. The molecule has 0 radical (unpaired) electrons. The fraction of sp³-hybridized carbons (Fsp3) is 0.857. The summed E-state index contributed by atoms with van der Waals surface area (Å²) in [5.74, 6) is 2.26. The highest BCUT2D eigenvalue weighted by Gasteiger charge is 2.40. The Morgan fingerprint density at radius 3 is 2.50 bits per heavy atom. The van der Waals surface area contributed by atoms with Gasteiger partial charge in [-0.25, -0.2) is 0 Å². The Balaban J connectivity index is 1.79. The third-order valence-corrected chi connectivity index (χ3v) is 4.82. The molecule has 2 aliphatic rings. The molecule has 0 unspecified atom stereocenters. The highest BCUT2D eigenvalue weighted by atomic mass is 16.5. The quantitative estimate of drug-likeness (QED) is 0.894. The van der Waals surface area contributed by atoms with Crippen LogP contribution in [-0.2, 0) is 5.41 Å². The van der Waals surface area contributed by atoms with Crippen molar-refractivity contribution in [1.29, 1.82) is 0 Å². The van der Waals surface area contributed by atoms with Gasteiger partial charge in [0.2, 0.25) is 5.89 Å². The van der Waals surface area contributed by atoms with Crippen LogP contribution in [0.15, 0.2) is 4.52 Å². The Bertz CT molecular complexity index is 389. The van der Waals surface area contributed by atoms with Crippen LogP contribution >= 0.6 is 0 Å². The van der Waals surface area contributed by atoms with Gasteiger partial charge in [0.15, 0.2) is 5.82 Å². The summed E-state index contributed by atoms with van der Waals surface area (Å²) in [7, 11) is 0. The van der Waals surface area contributed by atoms with E-state index < -0.39 is 0 Å². The van der Waals surface area contributed by atoms with Crippen molar-refractivity contribution in [1.82, 2.24) is 10.1 Å². The first-order valence-electron chi connectivity index (χ1n) is 7.38. The summed E-state index contributed by atoms with van der Waals surface area (Å²) in [4.78, 5) is 4.70. The molecule has 2 N–H and O–H groups in total. The maximum Gasteiger partial charge on any atom is 0.234 e. The van der Waals surface area contributed by atoms with Gasteiger partial charge in [-0.15, -0.1) is 0 Å². The SMILES string of the molecule is NCC1(c2nc(C3CCCCC3)no2)CCCC1. The van der Waals surface area contributed by atoms with Crippen molar-refractivity contribution in [2.75, 3.05) is 6.54 Å². The average molecular weight is 249 g/mol. The van der Waals surface area contributed by atoms with E-state index in [1.807, 2.05) is 0 Å². The van der Waals surface area contributed by atoms with Crippen LogP contribution in [0.1, 0.15) is 75.4 Å². The zero-order chi connectivity index (χ0) is 12.4. The maximum absolute atomic E-state index is 5.96. The van der Waals surface area contributed by atoms with Gasteiger partial charge in [-0.2, -0.15) is 4.98 Å². The minimum Gasteiger partial charge on any atom is -0.339 e. The fourth-order valence-electron chi connectivity index (χ4n) is 3.53. The van der Waals surface area contributed by atoms with Crippen molar-refractivity contribution in [2.45, 2.75) is 69.1 Å². The van der Waals surface area contributed by atoms with Crippen LogP contribution in [0.4, 0.5) is 0 Å². The zero-order valence-electron chi connectivity index (χ0n) is 11.0. The van der Waals surface area contributed by atoms with E-state index in [1.54, 1.807) is 0 Å². The highest BCUT2D eigenvalue weighted by Crippen LogP contribution is 2.40. The Kier molecular flexibility index (Phi) is 3.37. The molecule has 2 saturated carbocycles. The van der Waals surface area contributed by atoms with E-state index in [2.05, 4.69) is 5.16 Å². The first kappa shape index (κ1) is 12.2. The van der Waals surface area contributed by atoms with E-state index in [1.165, 1.54) is 44.9 Å². The van der Waals surface area contributed by atoms with Gasteiger partial charge in [0.05, 0.1) is 5.41 Å². The summed E-state index contributed by atoms with van der Waals surface area (Å²) in [6.45, 7) is 0.638. The molecule has 0 saturated heterocycles. The van der Waals surface area contributed by atoms with Crippen LogP contribution in [0.3, 0.4) is 0 Å². The lowest BCUT2D eigenvalue weighted by atomic mass is 9.86. The summed E-state index contributed by atoms with van der Waals surface area (Å²) in [5.41, 5.74) is 5.95. The van der Waals surface area contributed by atoms with E-state index in [0.717, 1.165) is 24.6 Å². The lowest BCUT2D eigenvalue weighted by molar-refractivity contribution is 0.281. The Morgan fingerprint density at radius 2 is 1.83 bits per heavy atom. The van der Waals surface area contributed by atoms with Crippen LogP contribution in [0.2, 0.25) is 0 Å². The Labute approximate surface area is 108 Å². The van der Waals surface area contributed by atoms with Crippen molar-refractivity contribution < 1.29 is 4.52 Å². The molecule has 0 amide bonds. The van der Waals surface area contributed by atoms with Crippen LogP contribution in [-0.4, -0.2) is 16.7 Å². The number of aromatic nitrogens is 2. The largest absolute Gasteiger partial charge is 0.339 e. The van der Waals surface area contributed by atoms with E-state index in [4.69, 9.17) is 15.2 Å². The number of nitrogens with two attached hydrogens (primary N) is 1. The van der Waals surface area contributed by atoms with Crippen LogP contribution in [0.5, 0.6) is 0 Å². The molecule has 0 aliphatic heterocycles. The second-order valence-electron chi connectivity index (χ2n) is 5.98. The van der Waals surface area contributed by atoms with Crippen molar-refractivity contribution >= 4 is 0 Å². The molecular formula is C14H23N3O. The first-order valence-corrected chi connectivity index (χ1v) is 7.38. The molecule has 3 rings (SSSR count). The van der Waals surface area contributed by atoms with E-state index >= 15 is 0 Å². The van der Waals surface area contributed by atoms with E-state index in [-0.39, 0.29) is 5.41 Å². The van der Waals surface area contributed by atoms with E-state index in [9.17, 15) is 0 Å². The molecule has 4 heteroatoms. The van der Waals surface area contributed by atoms with E-state index in [0.29, 0.717) is 12.5 Å². The summed E-state index contributed by atoms with van der Waals surface area (Å²) in [6.07, 6.45) is 11.1. The minimum absolute atomic E-state index is 0.0140. The first-order chi connectivity index (χ1) is 8.84. The topological polar surface area (TPSA) is 64.9 Å².